The van der Waals surface area contributed by atoms with Gasteiger partial charge in [-0.25, -0.2) is 17.2 Å². The molecule has 0 radical (unpaired) electrons. The Balaban J connectivity index is 2.35. The number of rotatable bonds is 3. The third kappa shape index (κ3) is 2.32. The fourth-order valence-corrected chi connectivity index (χ4v) is 4.00. The maximum absolute atomic E-state index is 12.7. The second-order valence-electron chi connectivity index (χ2n) is 4.62. The van der Waals surface area contributed by atoms with Gasteiger partial charge in [0.25, 0.3) is 10.0 Å². The highest BCUT2D eigenvalue weighted by Crippen LogP contribution is 2.28. The van der Waals surface area contributed by atoms with Crippen molar-refractivity contribution >= 4 is 42.8 Å². The molecule has 0 saturated carbocycles. The first kappa shape index (κ1) is 14.8. The van der Waals surface area contributed by atoms with Crippen LogP contribution in [0.2, 0.25) is 0 Å². The van der Waals surface area contributed by atoms with Crippen molar-refractivity contribution in [2.24, 2.45) is 0 Å². The SMILES string of the molecule is O=C(O)c1cn(S(=O)(=O)c2ccccc2)c2ccc(Br)cc12. The lowest BCUT2D eigenvalue weighted by molar-refractivity contribution is 0.0699. The molecular formula is C15H10BrNO4S. The number of aromatic nitrogens is 1. The van der Waals surface area contributed by atoms with Gasteiger partial charge in [0, 0.05) is 16.1 Å². The maximum Gasteiger partial charge on any atom is 0.337 e. The smallest absolute Gasteiger partial charge is 0.337 e. The van der Waals surface area contributed by atoms with E-state index in [1.165, 1.54) is 12.1 Å². The third-order valence-corrected chi connectivity index (χ3v) is 5.44. The highest BCUT2D eigenvalue weighted by molar-refractivity contribution is 9.10. The van der Waals surface area contributed by atoms with E-state index in [1.807, 2.05) is 0 Å². The topological polar surface area (TPSA) is 76.4 Å². The van der Waals surface area contributed by atoms with Crippen molar-refractivity contribution in [3.05, 3.63) is 64.8 Å². The van der Waals surface area contributed by atoms with Gasteiger partial charge in [-0.1, -0.05) is 34.1 Å². The largest absolute Gasteiger partial charge is 0.478 e. The lowest BCUT2D eigenvalue weighted by Crippen LogP contribution is -2.11. The minimum Gasteiger partial charge on any atom is -0.478 e. The molecule has 7 heteroatoms. The van der Waals surface area contributed by atoms with E-state index >= 15 is 0 Å². The number of carboxylic acid groups (broad SMARTS) is 1. The molecule has 0 spiro atoms. The van der Waals surface area contributed by atoms with Crippen LogP contribution in [0.1, 0.15) is 10.4 Å². The minimum absolute atomic E-state index is 0.0594. The monoisotopic (exact) mass is 379 g/mol. The summed E-state index contributed by atoms with van der Waals surface area (Å²) < 4.78 is 27.1. The van der Waals surface area contributed by atoms with Crippen LogP contribution in [-0.2, 0) is 10.0 Å². The van der Waals surface area contributed by atoms with Crippen molar-refractivity contribution in [1.82, 2.24) is 3.97 Å². The Morgan fingerprint density at radius 1 is 1.09 bits per heavy atom. The fraction of sp³-hybridized carbons (Fsp3) is 0. The number of fused-ring (bicyclic) bond motifs is 1. The third-order valence-electron chi connectivity index (χ3n) is 3.26. The summed E-state index contributed by atoms with van der Waals surface area (Å²) in [6.45, 7) is 0. The van der Waals surface area contributed by atoms with Gasteiger partial charge in [0.1, 0.15) is 0 Å². The van der Waals surface area contributed by atoms with Gasteiger partial charge in [-0.2, -0.15) is 0 Å². The van der Waals surface area contributed by atoms with E-state index in [-0.39, 0.29) is 10.5 Å². The first-order valence-electron chi connectivity index (χ1n) is 6.26. The van der Waals surface area contributed by atoms with Gasteiger partial charge in [-0.3, -0.25) is 0 Å². The zero-order chi connectivity index (χ0) is 15.9. The quantitative estimate of drug-likeness (QED) is 0.756. The van der Waals surface area contributed by atoms with Gasteiger partial charge in [-0.05, 0) is 30.3 Å². The Bertz CT molecular complexity index is 977. The number of hydrogen-bond donors (Lipinski definition) is 1. The molecular weight excluding hydrogens is 370 g/mol. The van der Waals surface area contributed by atoms with Crippen molar-refractivity contribution in [1.29, 1.82) is 0 Å². The molecule has 0 atom stereocenters. The number of aromatic carboxylic acids is 1. The molecule has 0 saturated heterocycles. The molecule has 1 heterocycles. The van der Waals surface area contributed by atoms with Crippen LogP contribution in [-0.4, -0.2) is 23.5 Å². The average molecular weight is 380 g/mol. The Morgan fingerprint density at radius 2 is 1.77 bits per heavy atom. The highest BCUT2D eigenvalue weighted by Gasteiger charge is 2.23. The lowest BCUT2D eigenvalue weighted by Gasteiger charge is -2.07. The van der Waals surface area contributed by atoms with E-state index < -0.39 is 16.0 Å². The van der Waals surface area contributed by atoms with Crippen LogP contribution in [0.25, 0.3) is 10.9 Å². The first-order chi connectivity index (χ1) is 10.4. The maximum atomic E-state index is 12.7. The molecule has 5 nitrogen and oxygen atoms in total. The van der Waals surface area contributed by atoms with Gasteiger partial charge in [-0.15, -0.1) is 0 Å². The summed E-state index contributed by atoms with van der Waals surface area (Å²) in [7, 11) is -3.85. The molecule has 0 aliphatic heterocycles. The molecule has 112 valence electrons. The van der Waals surface area contributed by atoms with E-state index in [9.17, 15) is 18.3 Å². The molecule has 2 aromatic carbocycles. The Morgan fingerprint density at radius 3 is 2.41 bits per heavy atom. The van der Waals surface area contributed by atoms with Gasteiger partial charge < -0.3 is 5.11 Å². The summed E-state index contributed by atoms with van der Waals surface area (Å²) >= 11 is 3.27. The second-order valence-corrected chi connectivity index (χ2v) is 7.35. The highest BCUT2D eigenvalue weighted by atomic mass is 79.9. The molecule has 0 aliphatic rings. The molecule has 0 unspecified atom stereocenters. The van der Waals surface area contributed by atoms with Crippen molar-refractivity contribution in [3.63, 3.8) is 0 Å². The minimum atomic E-state index is -3.85. The second kappa shape index (κ2) is 5.26. The summed E-state index contributed by atoms with van der Waals surface area (Å²) in [6, 6.07) is 12.7. The Hall–Kier alpha value is -2.12. The van der Waals surface area contributed by atoms with Gasteiger partial charge >= 0.3 is 5.97 Å². The fourth-order valence-electron chi connectivity index (χ4n) is 2.25. The lowest BCUT2D eigenvalue weighted by atomic mass is 10.2. The van der Waals surface area contributed by atoms with E-state index in [1.54, 1.807) is 36.4 Å². The number of carboxylic acids is 1. The molecule has 0 aliphatic carbocycles. The normalized spacial score (nSPS) is 11.7. The molecule has 3 aromatic rings. The van der Waals surface area contributed by atoms with Crippen molar-refractivity contribution in [3.8, 4) is 0 Å². The van der Waals surface area contributed by atoms with Gasteiger partial charge in [0.15, 0.2) is 0 Å². The zero-order valence-electron chi connectivity index (χ0n) is 11.1. The van der Waals surface area contributed by atoms with Crippen molar-refractivity contribution < 1.29 is 18.3 Å². The van der Waals surface area contributed by atoms with Crippen molar-refractivity contribution in [2.45, 2.75) is 4.90 Å². The van der Waals surface area contributed by atoms with Crippen LogP contribution >= 0.6 is 15.9 Å². The molecule has 22 heavy (non-hydrogen) atoms. The Labute approximate surface area is 135 Å². The van der Waals surface area contributed by atoms with Crippen LogP contribution < -0.4 is 0 Å². The van der Waals surface area contributed by atoms with E-state index in [0.717, 1.165) is 10.2 Å². The number of halogens is 1. The van der Waals surface area contributed by atoms with Crippen LogP contribution in [0.4, 0.5) is 0 Å². The summed E-state index contributed by atoms with van der Waals surface area (Å²) in [5, 5.41) is 9.66. The summed E-state index contributed by atoms with van der Waals surface area (Å²) in [6.07, 6.45) is 1.14. The van der Waals surface area contributed by atoms with E-state index in [2.05, 4.69) is 15.9 Å². The zero-order valence-corrected chi connectivity index (χ0v) is 13.5. The number of nitrogens with zero attached hydrogens (tertiary/aromatic N) is 1. The van der Waals surface area contributed by atoms with Crippen LogP contribution in [0.5, 0.6) is 0 Å². The standard InChI is InChI=1S/C15H10BrNO4S/c16-10-6-7-14-12(8-10)13(15(18)19)9-17(14)22(20,21)11-4-2-1-3-5-11/h1-9H,(H,18,19). The number of hydrogen-bond acceptors (Lipinski definition) is 3. The summed E-state index contributed by atoms with van der Waals surface area (Å²) in [5.74, 6) is -1.18. The van der Waals surface area contributed by atoms with E-state index in [4.69, 9.17) is 0 Å². The van der Waals surface area contributed by atoms with Gasteiger partial charge in [0.2, 0.25) is 0 Å². The number of benzene rings is 2. The Kier molecular flexibility index (Phi) is 3.54. The molecule has 0 amide bonds. The summed E-state index contributed by atoms with van der Waals surface area (Å²) in [5.41, 5.74) is 0.264. The van der Waals surface area contributed by atoms with Crippen LogP contribution in [0, 0.1) is 0 Å². The summed E-state index contributed by atoms with van der Waals surface area (Å²) in [4.78, 5) is 11.5. The van der Waals surface area contributed by atoms with Crippen LogP contribution in [0.3, 0.4) is 0 Å². The van der Waals surface area contributed by atoms with Gasteiger partial charge in [0.05, 0.1) is 16.0 Å². The predicted octanol–water partition coefficient (Wildman–Crippen LogP) is 3.34. The molecule has 3 rings (SSSR count). The van der Waals surface area contributed by atoms with E-state index in [0.29, 0.717) is 15.4 Å². The molecule has 0 fully saturated rings. The van der Waals surface area contributed by atoms with Crippen LogP contribution in [0.15, 0.2) is 64.1 Å². The van der Waals surface area contributed by atoms with Crippen molar-refractivity contribution in [2.75, 3.05) is 0 Å². The molecule has 1 N–H and O–H groups in total. The molecule has 1 aromatic heterocycles. The predicted molar refractivity (Wildman–Crippen MR) is 85.6 cm³/mol. The number of carbonyl (C=O) groups is 1. The molecule has 0 bridgehead atoms. The average Bonchev–Trinajstić information content (AvgIpc) is 2.87. The first-order valence-corrected chi connectivity index (χ1v) is 8.49.